The predicted octanol–water partition coefficient (Wildman–Crippen LogP) is 5.27. The third kappa shape index (κ3) is 4.19. The summed E-state index contributed by atoms with van der Waals surface area (Å²) in [5, 5.41) is 1.84. The molecule has 0 fully saturated rings. The predicted molar refractivity (Wildman–Crippen MR) is 114 cm³/mol. The van der Waals surface area contributed by atoms with E-state index < -0.39 is 0 Å². The average molecular weight is 437 g/mol. The van der Waals surface area contributed by atoms with Crippen LogP contribution in [-0.4, -0.2) is 28.2 Å². The Kier molecular flexibility index (Phi) is 6.33. The lowest BCUT2D eigenvalue weighted by molar-refractivity contribution is 0.102. The lowest BCUT2D eigenvalue weighted by Crippen LogP contribution is -2.25. The fraction of sp³-hybridized carbons (Fsp3) is 0.250. The minimum Gasteiger partial charge on any atom is -0.495 e. The van der Waals surface area contributed by atoms with Crippen molar-refractivity contribution in [2.24, 2.45) is 0 Å². The van der Waals surface area contributed by atoms with Crippen molar-refractivity contribution in [2.45, 2.75) is 25.0 Å². The molecule has 0 spiro atoms. The van der Waals surface area contributed by atoms with E-state index in [4.69, 9.17) is 27.9 Å². The van der Waals surface area contributed by atoms with Crippen LogP contribution in [0.5, 0.6) is 5.75 Å². The molecule has 0 aliphatic heterocycles. The molecule has 0 aliphatic rings. The first-order chi connectivity index (χ1) is 13.3. The van der Waals surface area contributed by atoms with Crippen LogP contribution in [-0.2, 0) is 0 Å². The van der Waals surface area contributed by atoms with E-state index in [1.54, 1.807) is 41.0 Å². The van der Waals surface area contributed by atoms with Crippen LogP contribution in [0.2, 0.25) is 10.0 Å². The van der Waals surface area contributed by atoms with Gasteiger partial charge in [0.2, 0.25) is 0 Å². The molecule has 0 unspecified atom stereocenters. The number of aromatic nitrogens is 2. The summed E-state index contributed by atoms with van der Waals surface area (Å²) >= 11 is 13.4. The van der Waals surface area contributed by atoms with E-state index in [2.05, 4.69) is 4.98 Å². The molecule has 0 aliphatic carbocycles. The number of hydrogen-bond acceptors (Lipinski definition) is 5. The van der Waals surface area contributed by atoms with Gasteiger partial charge in [0.05, 0.1) is 28.8 Å². The van der Waals surface area contributed by atoms with Crippen LogP contribution in [0, 0.1) is 0 Å². The number of nitrogens with zero attached hydrogens (tertiary/aromatic N) is 2. The molecule has 3 aromatic rings. The van der Waals surface area contributed by atoms with E-state index in [1.165, 1.54) is 18.9 Å². The molecule has 0 atom stereocenters. The van der Waals surface area contributed by atoms with E-state index >= 15 is 0 Å². The third-order valence-corrected chi connectivity index (χ3v) is 5.64. The number of benzene rings is 2. The molecule has 2 aromatic carbocycles. The second-order valence-corrected chi connectivity index (χ2v) is 8.17. The molecule has 146 valence electrons. The third-order valence-electron chi connectivity index (χ3n) is 4.15. The molecular weight excluding hydrogens is 419 g/mol. The standard InChI is InChI=1S/C20H18Cl2N2O3S/c1-11(2)24-19(26)14-6-5-13(21)9-16(14)23-20(24)28-10-17(25)12-4-7-18(27-3)15(22)8-12/h4-9,11H,10H2,1-3H3. The Morgan fingerprint density at radius 3 is 2.61 bits per heavy atom. The number of methoxy groups -OCH3 is 1. The van der Waals surface area contributed by atoms with Gasteiger partial charge >= 0.3 is 0 Å². The number of Topliss-reactive ketones (excluding diaryl/α,β-unsaturated/α-hetero) is 1. The largest absolute Gasteiger partial charge is 0.495 e. The van der Waals surface area contributed by atoms with Crippen molar-refractivity contribution in [3.05, 3.63) is 62.4 Å². The minimum atomic E-state index is -0.154. The number of rotatable bonds is 6. The highest BCUT2D eigenvalue weighted by atomic mass is 35.5. The van der Waals surface area contributed by atoms with Gasteiger partial charge in [0.15, 0.2) is 10.9 Å². The highest BCUT2D eigenvalue weighted by molar-refractivity contribution is 7.99. The van der Waals surface area contributed by atoms with Crippen LogP contribution >= 0.6 is 35.0 Å². The van der Waals surface area contributed by atoms with E-state index in [0.717, 1.165) is 0 Å². The van der Waals surface area contributed by atoms with Gasteiger partial charge in [0.25, 0.3) is 5.56 Å². The van der Waals surface area contributed by atoms with E-state index in [9.17, 15) is 9.59 Å². The lowest BCUT2D eigenvalue weighted by Gasteiger charge is -2.16. The number of halogens is 2. The highest BCUT2D eigenvalue weighted by Crippen LogP contribution is 2.27. The summed E-state index contributed by atoms with van der Waals surface area (Å²) in [5.74, 6) is 0.506. The van der Waals surface area contributed by atoms with Crippen molar-refractivity contribution >= 4 is 51.6 Å². The van der Waals surface area contributed by atoms with Crippen LogP contribution in [0.25, 0.3) is 10.9 Å². The summed E-state index contributed by atoms with van der Waals surface area (Å²) < 4.78 is 6.70. The maximum Gasteiger partial charge on any atom is 0.262 e. The first-order valence-corrected chi connectivity index (χ1v) is 10.3. The van der Waals surface area contributed by atoms with Gasteiger partial charge in [-0.2, -0.15) is 0 Å². The molecule has 28 heavy (non-hydrogen) atoms. The van der Waals surface area contributed by atoms with Crippen molar-refractivity contribution in [1.82, 2.24) is 9.55 Å². The number of ketones is 1. The fourth-order valence-corrected chi connectivity index (χ4v) is 4.21. The molecule has 0 saturated carbocycles. The van der Waals surface area contributed by atoms with E-state index in [0.29, 0.717) is 37.4 Å². The summed E-state index contributed by atoms with van der Waals surface area (Å²) in [6, 6.07) is 9.78. The van der Waals surface area contributed by atoms with Gasteiger partial charge in [0.1, 0.15) is 5.75 Å². The maximum absolute atomic E-state index is 12.9. The normalized spacial score (nSPS) is 11.2. The first-order valence-electron chi connectivity index (χ1n) is 8.53. The molecule has 3 rings (SSSR count). The van der Waals surface area contributed by atoms with Crippen molar-refractivity contribution in [2.75, 3.05) is 12.9 Å². The Bertz CT molecular complexity index is 1110. The monoisotopic (exact) mass is 436 g/mol. The quantitative estimate of drug-likeness (QED) is 0.299. The lowest BCUT2D eigenvalue weighted by atomic mass is 10.1. The van der Waals surface area contributed by atoms with Crippen LogP contribution in [0.1, 0.15) is 30.2 Å². The Morgan fingerprint density at radius 1 is 1.21 bits per heavy atom. The van der Waals surface area contributed by atoms with Crippen LogP contribution in [0.3, 0.4) is 0 Å². The number of thioether (sulfide) groups is 1. The fourth-order valence-electron chi connectivity index (χ4n) is 2.76. The highest BCUT2D eigenvalue weighted by Gasteiger charge is 2.17. The summed E-state index contributed by atoms with van der Waals surface area (Å²) in [4.78, 5) is 30.1. The van der Waals surface area contributed by atoms with Gasteiger partial charge in [-0.3, -0.25) is 14.2 Å². The van der Waals surface area contributed by atoms with Gasteiger partial charge in [0, 0.05) is 16.6 Å². The Hall–Kier alpha value is -2.02. The number of fused-ring (bicyclic) bond motifs is 1. The second-order valence-electron chi connectivity index (χ2n) is 6.39. The second kappa shape index (κ2) is 8.55. The number of carbonyl (C=O) groups excluding carboxylic acids is 1. The van der Waals surface area contributed by atoms with Crippen molar-refractivity contribution in [3.8, 4) is 5.75 Å². The molecule has 0 bridgehead atoms. The van der Waals surface area contributed by atoms with Gasteiger partial charge in [-0.15, -0.1) is 0 Å². The van der Waals surface area contributed by atoms with Crippen molar-refractivity contribution < 1.29 is 9.53 Å². The minimum absolute atomic E-state index is 0.104. The Balaban J connectivity index is 1.93. The van der Waals surface area contributed by atoms with Crippen LogP contribution < -0.4 is 10.3 Å². The summed E-state index contributed by atoms with van der Waals surface area (Å²) in [6.07, 6.45) is 0. The molecule has 0 saturated heterocycles. The zero-order valence-corrected chi connectivity index (χ0v) is 17.9. The number of hydrogen-bond donors (Lipinski definition) is 0. The molecule has 1 aromatic heterocycles. The van der Waals surface area contributed by atoms with Crippen molar-refractivity contribution in [3.63, 3.8) is 0 Å². The molecule has 1 heterocycles. The van der Waals surface area contributed by atoms with Gasteiger partial charge in [-0.05, 0) is 50.2 Å². The first kappa shape index (κ1) is 20.7. The van der Waals surface area contributed by atoms with Gasteiger partial charge < -0.3 is 4.74 Å². The summed E-state index contributed by atoms with van der Waals surface area (Å²) in [6.45, 7) is 3.81. The number of carbonyl (C=O) groups is 1. The average Bonchev–Trinajstić information content (AvgIpc) is 2.65. The Labute approximate surface area is 176 Å². The smallest absolute Gasteiger partial charge is 0.262 e. The molecule has 0 radical (unpaired) electrons. The Morgan fingerprint density at radius 2 is 1.96 bits per heavy atom. The van der Waals surface area contributed by atoms with Crippen LogP contribution in [0.15, 0.2) is 46.3 Å². The topological polar surface area (TPSA) is 61.2 Å². The molecular formula is C20H18Cl2N2O3S. The summed E-state index contributed by atoms with van der Waals surface area (Å²) in [5.41, 5.74) is 0.830. The molecule has 0 amide bonds. The van der Waals surface area contributed by atoms with E-state index in [1.807, 2.05) is 13.8 Å². The summed E-state index contributed by atoms with van der Waals surface area (Å²) in [7, 11) is 1.52. The zero-order chi connectivity index (χ0) is 20.4. The molecule has 0 N–H and O–H groups in total. The van der Waals surface area contributed by atoms with Crippen molar-refractivity contribution in [1.29, 1.82) is 0 Å². The SMILES string of the molecule is COc1ccc(C(=O)CSc2nc3cc(Cl)ccc3c(=O)n2C(C)C)cc1Cl. The zero-order valence-electron chi connectivity index (χ0n) is 15.5. The molecule has 5 nitrogen and oxygen atoms in total. The molecule has 8 heteroatoms. The number of ether oxygens (including phenoxy) is 1. The van der Waals surface area contributed by atoms with Crippen LogP contribution in [0.4, 0.5) is 0 Å². The maximum atomic E-state index is 12.9. The van der Waals surface area contributed by atoms with Gasteiger partial charge in [-0.25, -0.2) is 4.98 Å². The van der Waals surface area contributed by atoms with E-state index in [-0.39, 0.29) is 23.1 Å². The van der Waals surface area contributed by atoms with Gasteiger partial charge in [-0.1, -0.05) is 35.0 Å².